The van der Waals surface area contributed by atoms with Crippen LogP contribution in [-0.2, 0) is 15.4 Å². The highest BCUT2D eigenvalue weighted by Gasteiger charge is 2.50. The minimum Gasteiger partial charge on any atom is -0.330 e. The van der Waals surface area contributed by atoms with Crippen molar-refractivity contribution in [3.8, 4) is 0 Å². The highest BCUT2D eigenvalue weighted by molar-refractivity contribution is 7.90. The second-order valence-corrected chi connectivity index (χ2v) is 10.9. The number of carbonyl (C=O) groups is 1. The largest absolute Gasteiger partial charge is 0.330 e. The molecule has 0 unspecified atom stereocenters. The quantitative estimate of drug-likeness (QED) is 0.812. The van der Waals surface area contributed by atoms with E-state index in [-0.39, 0.29) is 22.0 Å². The van der Waals surface area contributed by atoms with Crippen LogP contribution in [0, 0.1) is 0 Å². The highest BCUT2D eigenvalue weighted by Crippen LogP contribution is 2.46. The number of sulfone groups is 1. The average molecular weight is 428 g/mol. The standard InChI is InChI=1S/C23H29N3O3S/c1-25(2)23(18-8-5-4-6-9-18)14-12-22(13-15-23)17-26(21(27)24-22)19-10-7-11-20(16-19)30(3,28)29/h4-11,16H,12-15,17H2,1-3H3,(H,24,27). The van der Waals surface area contributed by atoms with Gasteiger partial charge in [0.05, 0.1) is 17.0 Å². The van der Waals surface area contributed by atoms with Crippen molar-refractivity contribution in [2.24, 2.45) is 0 Å². The van der Waals surface area contributed by atoms with Gasteiger partial charge < -0.3 is 5.32 Å². The van der Waals surface area contributed by atoms with Gasteiger partial charge >= 0.3 is 6.03 Å². The normalized spacial score (nSPS) is 26.9. The van der Waals surface area contributed by atoms with E-state index in [0.717, 1.165) is 25.7 Å². The number of nitrogens with one attached hydrogen (secondary N) is 1. The molecule has 1 aliphatic heterocycles. The van der Waals surface area contributed by atoms with Gasteiger partial charge in [-0.25, -0.2) is 13.2 Å². The predicted octanol–water partition coefficient (Wildman–Crippen LogP) is 3.39. The smallest absolute Gasteiger partial charge is 0.322 e. The summed E-state index contributed by atoms with van der Waals surface area (Å²) in [6.45, 7) is 0.553. The number of urea groups is 1. The number of amides is 2. The third-order valence-corrected chi connectivity index (χ3v) is 7.95. The molecule has 0 atom stereocenters. The lowest BCUT2D eigenvalue weighted by Gasteiger charge is -2.48. The lowest BCUT2D eigenvalue weighted by molar-refractivity contribution is 0.0658. The summed E-state index contributed by atoms with van der Waals surface area (Å²) >= 11 is 0. The van der Waals surface area contributed by atoms with E-state index < -0.39 is 9.84 Å². The van der Waals surface area contributed by atoms with Gasteiger partial charge in [0.2, 0.25) is 0 Å². The maximum atomic E-state index is 12.8. The van der Waals surface area contributed by atoms with Crippen molar-refractivity contribution in [2.45, 2.75) is 41.7 Å². The topological polar surface area (TPSA) is 69.7 Å². The van der Waals surface area contributed by atoms with E-state index in [1.807, 2.05) is 6.07 Å². The Morgan fingerprint density at radius 3 is 2.23 bits per heavy atom. The van der Waals surface area contributed by atoms with Crippen molar-refractivity contribution < 1.29 is 13.2 Å². The Morgan fingerprint density at radius 1 is 0.967 bits per heavy atom. The summed E-state index contributed by atoms with van der Waals surface area (Å²) in [7, 11) is 0.927. The maximum absolute atomic E-state index is 12.8. The van der Waals surface area contributed by atoms with Crippen LogP contribution in [0.2, 0.25) is 0 Å². The van der Waals surface area contributed by atoms with E-state index in [1.54, 1.807) is 29.2 Å². The number of carbonyl (C=O) groups excluding carboxylic acids is 1. The molecule has 0 aromatic heterocycles. The number of benzene rings is 2. The fourth-order valence-corrected chi connectivity index (χ4v) is 5.63. The molecule has 1 heterocycles. The molecule has 4 rings (SSSR count). The van der Waals surface area contributed by atoms with E-state index in [9.17, 15) is 13.2 Å². The molecule has 7 heteroatoms. The van der Waals surface area contributed by atoms with Gasteiger partial charge in [-0.1, -0.05) is 36.4 Å². The average Bonchev–Trinajstić information content (AvgIpc) is 3.04. The summed E-state index contributed by atoms with van der Waals surface area (Å²) in [6, 6.07) is 17.1. The first kappa shape index (κ1) is 20.9. The van der Waals surface area contributed by atoms with Gasteiger partial charge in [0.15, 0.2) is 9.84 Å². The van der Waals surface area contributed by atoms with E-state index in [0.29, 0.717) is 12.2 Å². The predicted molar refractivity (Wildman–Crippen MR) is 118 cm³/mol. The van der Waals surface area contributed by atoms with Gasteiger partial charge in [-0.05, 0) is 63.5 Å². The number of hydrogen-bond donors (Lipinski definition) is 1. The highest BCUT2D eigenvalue weighted by atomic mass is 32.2. The number of anilines is 1. The van der Waals surface area contributed by atoms with E-state index in [1.165, 1.54) is 11.8 Å². The van der Waals surface area contributed by atoms with E-state index in [2.05, 4.69) is 48.6 Å². The van der Waals surface area contributed by atoms with Crippen LogP contribution in [0.25, 0.3) is 0 Å². The third kappa shape index (κ3) is 3.61. The zero-order chi connectivity index (χ0) is 21.6. The molecule has 2 amide bonds. The Hall–Kier alpha value is -2.38. The molecule has 6 nitrogen and oxygen atoms in total. The first-order chi connectivity index (χ1) is 14.2. The van der Waals surface area contributed by atoms with Crippen molar-refractivity contribution in [3.63, 3.8) is 0 Å². The van der Waals surface area contributed by atoms with Crippen LogP contribution < -0.4 is 10.2 Å². The molecule has 1 N–H and O–H groups in total. The van der Waals surface area contributed by atoms with Crippen LogP contribution >= 0.6 is 0 Å². The fourth-order valence-electron chi connectivity index (χ4n) is 4.97. The Labute approximate surface area is 178 Å². The third-order valence-electron chi connectivity index (χ3n) is 6.84. The number of rotatable bonds is 4. The summed E-state index contributed by atoms with van der Waals surface area (Å²) in [5, 5.41) is 3.22. The van der Waals surface area contributed by atoms with Crippen LogP contribution in [-0.4, -0.2) is 51.8 Å². The van der Waals surface area contributed by atoms with Gasteiger partial charge in [0.25, 0.3) is 0 Å². The van der Waals surface area contributed by atoms with Crippen LogP contribution in [0.3, 0.4) is 0 Å². The maximum Gasteiger partial charge on any atom is 0.322 e. The van der Waals surface area contributed by atoms with Crippen molar-refractivity contribution >= 4 is 21.6 Å². The molecule has 1 aliphatic carbocycles. The lowest BCUT2D eigenvalue weighted by atomic mass is 9.69. The molecule has 2 aliphatic rings. The molecule has 1 saturated heterocycles. The minimum absolute atomic E-state index is 0.0408. The minimum atomic E-state index is -3.33. The molecule has 2 fully saturated rings. The molecular weight excluding hydrogens is 398 g/mol. The zero-order valence-corrected chi connectivity index (χ0v) is 18.6. The van der Waals surface area contributed by atoms with Gasteiger partial charge in [-0.15, -0.1) is 0 Å². The summed E-state index contributed by atoms with van der Waals surface area (Å²) in [6.07, 6.45) is 4.81. The molecule has 160 valence electrons. The molecule has 1 spiro atoms. The van der Waals surface area contributed by atoms with Gasteiger partial charge in [0, 0.05) is 17.5 Å². The van der Waals surface area contributed by atoms with Crippen molar-refractivity contribution in [1.82, 2.24) is 10.2 Å². The van der Waals surface area contributed by atoms with Crippen LogP contribution in [0.4, 0.5) is 10.5 Å². The summed E-state index contributed by atoms with van der Waals surface area (Å²) in [4.78, 5) is 17.0. The van der Waals surface area contributed by atoms with Crippen LogP contribution in [0.1, 0.15) is 31.2 Å². The van der Waals surface area contributed by atoms with Crippen molar-refractivity contribution in [3.05, 3.63) is 60.2 Å². The van der Waals surface area contributed by atoms with Gasteiger partial charge in [-0.3, -0.25) is 9.80 Å². The second kappa shape index (κ2) is 7.39. The van der Waals surface area contributed by atoms with E-state index in [4.69, 9.17) is 0 Å². The molecule has 30 heavy (non-hydrogen) atoms. The molecule has 0 bridgehead atoms. The monoisotopic (exact) mass is 427 g/mol. The van der Waals surface area contributed by atoms with Gasteiger partial charge in [0.1, 0.15) is 0 Å². The van der Waals surface area contributed by atoms with Crippen molar-refractivity contribution in [2.75, 3.05) is 31.8 Å². The molecule has 0 radical (unpaired) electrons. The summed E-state index contributed by atoms with van der Waals surface area (Å²) in [5.74, 6) is 0. The lowest BCUT2D eigenvalue weighted by Crippen LogP contribution is -2.54. The summed E-state index contributed by atoms with van der Waals surface area (Å²) in [5.41, 5.74) is 1.61. The SMILES string of the molecule is CN(C)C1(c2ccccc2)CCC2(CC1)CN(c1cccc(S(C)(=O)=O)c1)C(=O)N2. The first-order valence-electron chi connectivity index (χ1n) is 10.3. The Kier molecular flexibility index (Phi) is 5.14. The van der Waals surface area contributed by atoms with Crippen molar-refractivity contribution in [1.29, 1.82) is 0 Å². The van der Waals surface area contributed by atoms with Gasteiger partial charge in [-0.2, -0.15) is 0 Å². The fraction of sp³-hybridized carbons (Fsp3) is 0.435. The zero-order valence-electron chi connectivity index (χ0n) is 17.8. The van der Waals surface area contributed by atoms with Crippen LogP contribution in [0.15, 0.2) is 59.5 Å². The molecule has 2 aromatic rings. The molecular formula is C23H29N3O3S. The molecule has 1 saturated carbocycles. The Balaban J connectivity index is 1.57. The number of nitrogens with zero attached hydrogens (tertiary/aromatic N) is 2. The second-order valence-electron chi connectivity index (χ2n) is 8.86. The number of hydrogen-bond acceptors (Lipinski definition) is 4. The Morgan fingerprint density at radius 2 is 1.63 bits per heavy atom. The van der Waals surface area contributed by atoms with Crippen LogP contribution in [0.5, 0.6) is 0 Å². The molecule has 2 aromatic carbocycles. The Bertz CT molecular complexity index is 1040. The first-order valence-corrected chi connectivity index (χ1v) is 12.2. The van der Waals surface area contributed by atoms with E-state index >= 15 is 0 Å². The summed E-state index contributed by atoms with van der Waals surface area (Å²) < 4.78 is 23.8.